The zero-order chi connectivity index (χ0) is 20.0. The van der Waals surface area contributed by atoms with Crippen LogP contribution >= 0.6 is 0 Å². The summed E-state index contributed by atoms with van der Waals surface area (Å²) in [7, 11) is 0. The van der Waals surface area contributed by atoms with Crippen molar-refractivity contribution in [1.82, 2.24) is 15.2 Å². The quantitative estimate of drug-likeness (QED) is 0.642. The molecule has 1 amide bonds. The largest absolute Gasteiger partial charge is 0.508 e. The average molecular weight is 387 g/mol. The van der Waals surface area contributed by atoms with Crippen LogP contribution in [0.3, 0.4) is 0 Å². The molecular weight excluding hydrogens is 362 g/mol. The maximum absolute atomic E-state index is 12.7. The van der Waals surface area contributed by atoms with Crippen molar-refractivity contribution >= 4 is 22.4 Å². The van der Waals surface area contributed by atoms with E-state index < -0.39 is 0 Å². The van der Waals surface area contributed by atoms with Gasteiger partial charge in [0, 0.05) is 42.8 Å². The zero-order valence-corrected chi connectivity index (χ0v) is 16.5. The van der Waals surface area contributed by atoms with E-state index in [4.69, 9.17) is 0 Å². The first-order valence-corrected chi connectivity index (χ1v) is 10.2. The number of nitrogens with zero attached hydrogens (tertiary/aromatic N) is 1. The van der Waals surface area contributed by atoms with E-state index in [-0.39, 0.29) is 23.6 Å². The molecular formula is C24H25N3O2. The fraction of sp³-hybridized carbons (Fsp3) is 0.292. The number of amides is 1. The number of aromatic hydroxyl groups is 1. The van der Waals surface area contributed by atoms with Crippen molar-refractivity contribution < 1.29 is 9.90 Å². The van der Waals surface area contributed by atoms with E-state index in [1.807, 2.05) is 19.1 Å². The second kappa shape index (κ2) is 7.08. The van der Waals surface area contributed by atoms with Gasteiger partial charge in [0.2, 0.25) is 5.91 Å². The lowest BCUT2D eigenvalue weighted by molar-refractivity contribution is -0.124. The monoisotopic (exact) mass is 387 g/mol. The number of fused-ring (bicyclic) bond motifs is 2. The van der Waals surface area contributed by atoms with Gasteiger partial charge >= 0.3 is 0 Å². The Morgan fingerprint density at radius 3 is 2.86 bits per heavy atom. The summed E-state index contributed by atoms with van der Waals surface area (Å²) >= 11 is 0. The van der Waals surface area contributed by atoms with Gasteiger partial charge in [0.1, 0.15) is 5.75 Å². The first-order chi connectivity index (χ1) is 14.1. The zero-order valence-electron chi connectivity index (χ0n) is 16.5. The molecule has 29 heavy (non-hydrogen) atoms. The molecule has 0 bridgehead atoms. The van der Waals surface area contributed by atoms with Crippen molar-refractivity contribution in [2.24, 2.45) is 5.92 Å². The Kier molecular flexibility index (Phi) is 4.40. The van der Waals surface area contributed by atoms with Crippen LogP contribution in [0, 0.1) is 5.92 Å². The van der Waals surface area contributed by atoms with Crippen LogP contribution < -0.4 is 5.32 Å². The second-order valence-corrected chi connectivity index (χ2v) is 7.98. The smallest absolute Gasteiger partial charge is 0.228 e. The summed E-state index contributed by atoms with van der Waals surface area (Å²) in [6, 6.07) is 14.0. The van der Waals surface area contributed by atoms with Crippen molar-refractivity contribution in [2.45, 2.75) is 25.9 Å². The van der Waals surface area contributed by atoms with Crippen molar-refractivity contribution in [2.75, 3.05) is 13.1 Å². The molecule has 0 fully saturated rings. The van der Waals surface area contributed by atoms with Crippen molar-refractivity contribution in [1.29, 1.82) is 0 Å². The predicted molar refractivity (Wildman–Crippen MR) is 114 cm³/mol. The van der Waals surface area contributed by atoms with E-state index in [0.717, 1.165) is 24.0 Å². The number of nitrogens with one attached hydrogen (secondary N) is 2. The Hall–Kier alpha value is -3.05. The Morgan fingerprint density at radius 1 is 1.24 bits per heavy atom. The van der Waals surface area contributed by atoms with Crippen LogP contribution in [-0.2, 0) is 17.8 Å². The van der Waals surface area contributed by atoms with E-state index in [1.165, 1.54) is 22.1 Å². The highest BCUT2D eigenvalue weighted by atomic mass is 16.3. The van der Waals surface area contributed by atoms with Crippen LogP contribution in [-0.4, -0.2) is 40.0 Å². The second-order valence-electron chi connectivity index (χ2n) is 7.98. The summed E-state index contributed by atoms with van der Waals surface area (Å²) in [4.78, 5) is 18.5. The molecule has 2 aromatic carbocycles. The van der Waals surface area contributed by atoms with E-state index in [9.17, 15) is 9.90 Å². The van der Waals surface area contributed by atoms with Crippen LogP contribution in [0.2, 0.25) is 0 Å². The van der Waals surface area contributed by atoms with Crippen LogP contribution in [0.25, 0.3) is 16.5 Å². The van der Waals surface area contributed by atoms with Crippen LogP contribution in [0.15, 0.2) is 54.7 Å². The molecule has 1 aliphatic heterocycles. The number of rotatable bonds is 4. The van der Waals surface area contributed by atoms with Gasteiger partial charge in [-0.3, -0.25) is 9.69 Å². The standard InChI is InChI=1S/C24H25N3O2/c1-2-25-24(29)17-10-20-19-4-3-5-21-23(19)16(12-26-21)11-22(20)27(14-17)13-15-6-8-18(28)9-7-15/h3-10,12,17,22,26,28H,2,11,13-14H2,1H3,(H,25,29)/t17-,22-/m1/s1. The van der Waals surface area contributed by atoms with E-state index >= 15 is 0 Å². The van der Waals surface area contributed by atoms with Gasteiger partial charge in [0.05, 0.1) is 5.92 Å². The summed E-state index contributed by atoms with van der Waals surface area (Å²) in [5.74, 6) is 0.185. The Bertz CT molecular complexity index is 1100. The Morgan fingerprint density at radius 2 is 2.07 bits per heavy atom. The summed E-state index contributed by atoms with van der Waals surface area (Å²) < 4.78 is 0. The van der Waals surface area contributed by atoms with Gasteiger partial charge in [-0.25, -0.2) is 0 Å². The fourth-order valence-corrected chi connectivity index (χ4v) is 4.81. The molecule has 3 N–H and O–H groups in total. The molecule has 5 heteroatoms. The molecule has 0 saturated heterocycles. The van der Waals surface area contributed by atoms with Crippen LogP contribution in [0.5, 0.6) is 5.75 Å². The maximum Gasteiger partial charge on any atom is 0.228 e. The minimum absolute atomic E-state index is 0.0844. The number of carbonyl (C=O) groups excluding carboxylic acids is 1. The number of hydrogen-bond donors (Lipinski definition) is 3. The summed E-state index contributed by atoms with van der Waals surface area (Å²) in [5, 5.41) is 13.9. The summed E-state index contributed by atoms with van der Waals surface area (Å²) in [5.41, 5.74) is 6.12. The third kappa shape index (κ3) is 3.12. The van der Waals surface area contributed by atoms with Crippen molar-refractivity contribution in [3.63, 3.8) is 0 Å². The van der Waals surface area contributed by atoms with Crippen molar-refractivity contribution in [3.8, 4) is 5.75 Å². The molecule has 2 atom stereocenters. The van der Waals surface area contributed by atoms with Crippen LogP contribution in [0.4, 0.5) is 0 Å². The molecule has 0 unspecified atom stereocenters. The van der Waals surface area contributed by atoms with Gasteiger partial charge in [-0.05, 0) is 53.8 Å². The van der Waals surface area contributed by atoms with Gasteiger partial charge in [-0.2, -0.15) is 0 Å². The van der Waals surface area contributed by atoms with Gasteiger partial charge in [-0.1, -0.05) is 30.3 Å². The molecule has 3 aromatic rings. The first kappa shape index (κ1) is 18.0. The van der Waals surface area contributed by atoms with Gasteiger partial charge in [-0.15, -0.1) is 0 Å². The van der Waals surface area contributed by atoms with Gasteiger partial charge < -0.3 is 15.4 Å². The number of phenolic OH excluding ortho intramolecular Hbond substituents is 1. The lowest BCUT2D eigenvalue weighted by Gasteiger charge is -2.41. The normalized spacial score (nSPS) is 20.9. The molecule has 0 spiro atoms. The van der Waals surface area contributed by atoms with E-state index in [0.29, 0.717) is 13.1 Å². The lowest BCUT2D eigenvalue weighted by Crippen LogP contribution is -2.48. The van der Waals surface area contributed by atoms with Crippen molar-refractivity contribution in [3.05, 3.63) is 71.4 Å². The van der Waals surface area contributed by atoms with Crippen LogP contribution in [0.1, 0.15) is 23.6 Å². The first-order valence-electron chi connectivity index (χ1n) is 10.2. The summed E-state index contributed by atoms with van der Waals surface area (Å²) in [6.07, 6.45) is 5.25. The Labute approximate surface area is 170 Å². The van der Waals surface area contributed by atoms with E-state index in [2.05, 4.69) is 45.7 Å². The molecule has 0 radical (unpaired) electrons. The molecule has 5 rings (SSSR count). The number of hydrogen-bond acceptors (Lipinski definition) is 3. The molecule has 1 aliphatic carbocycles. The minimum atomic E-state index is -0.172. The molecule has 148 valence electrons. The average Bonchev–Trinajstić information content (AvgIpc) is 3.15. The highest BCUT2D eigenvalue weighted by Gasteiger charge is 2.37. The molecule has 2 aliphatic rings. The molecule has 1 aromatic heterocycles. The number of phenols is 1. The predicted octanol–water partition coefficient (Wildman–Crippen LogP) is 3.45. The number of aromatic amines is 1. The van der Waals surface area contributed by atoms with Gasteiger partial charge in [0.25, 0.3) is 0 Å². The molecule has 2 heterocycles. The number of carbonyl (C=O) groups is 1. The third-order valence-electron chi connectivity index (χ3n) is 6.13. The summed E-state index contributed by atoms with van der Waals surface area (Å²) in [6.45, 7) is 4.03. The van der Waals surface area contributed by atoms with Gasteiger partial charge in [0.15, 0.2) is 0 Å². The maximum atomic E-state index is 12.7. The topological polar surface area (TPSA) is 68.4 Å². The fourth-order valence-electron chi connectivity index (χ4n) is 4.81. The Balaban J connectivity index is 1.57. The minimum Gasteiger partial charge on any atom is -0.508 e. The number of H-pyrrole nitrogens is 1. The van der Waals surface area contributed by atoms with E-state index in [1.54, 1.807) is 12.1 Å². The SMILES string of the molecule is CCNC(=O)[C@@H]1C=C2c3cccc4[nH]cc(c34)C[C@H]2N(Cc2ccc(O)cc2)C1. The molecule has 0 saturated carbocycles. The number of benzene rings is 2. The number of aromatic nitrogens is 1. The molecule has 5 nitrogen and oxygen atoms in total. The highest BCUT2D eigenvalue weighted by molar-refractivity contribution is 5.99. The third-order valence-corrected chi connectivity index (χ3v) is 6.13. The lowest BCUT2D eigenvalue weighted by atomic mass is 9.79. The highest BCUT2D eigenvalue weighted by Crippen LogP contribution is 2.41.